The maximum atomic E-state index is 10.5. The zero-order chi connectivity index (χ0) is 23.8. The summed E-state index contributed by atoms with van der Waals surface area (Å²) in [6, 6.07) is 0. The van der Waals surface area contributed by atoms with Gasteiger partial charge >= 0.3 is 0 Å². The summed E-state index contributed by atoms with van der Waals surface area (Å²) >= 11 is 0. The van der Waals surface area contributed by atoms with Gasteiger partial charge in [0.2, 0.25) is 11.6 Å². The molecule has 0 radical (unpaired) electrons. The molecule has 2 fully saturated rings. The van der Waals surface area contributed by atoms with Gasteiger partial charge in [-0.2, -0.15) is 0 Å². The Bertz CT molecular complexity index is 589. The number of hydrogen-bond donors (Lipinski definition) is 6. The highest BCUT2D eigenvalue weighted by atomic mass is 16.8. The molecular weight excluding hydrogens is 416 g/mol. The van der Waals surface area contributed by atoms with Gasteiger partial charge < -0.3 is 54.3 Å². The third-order valence-corrected chi connectivity index (χ3v) is 5.10. The van der Waals surface area contributed by atoms with Gasteiger partial charge in [0.05, 0.1) is 24.4 Å². The Labute approximate surface area is 182 Å². The minimum atomic E-state index is -1.99. The van der Waals surface area contributed by atoms with Crippen LogP contribution in [0.4, 0.5) is 0 Å². The minimum Gasteiger partial charge on any atom is -0.391 e. The van der Waals surface area contributed by atoms with E-state index in [0.29, 0.717) is 0 Å². The van der Waals surface area contributed by atoms with Gasteiger partial charge in [0.1, 0.15) is 49.8 Å². The van der Waals surface area contributed by atoms with Gasteiger partial charge in [0.25, 0.3) is 0 Å². The Hall–Kier alpha value is -0.440. The number of hydrogen-bond acceptors (Lipinski definition) is 11. The molecule has 0 aromatic heterocycles. The average molecular weight is 455 g/mol. The van der Waals surface area contributed by atoms with Crippen LogP contribution in [0.25, 0.3) is 0 Å². The van der Waals surface area contributed by atoms with Gasteiger partial charge in [0.15, 0.2) is 0 Å². The molecule has 11 heteroatoms. The highest BCUT2D eigenvalue weighted by Crippen LogP contribution is 2.38. The van der Waals surface area contributed by atoms with Crippen molar-refractivity contribution < 1.29 is 54.3 Å². The predicted molar refractivity (Wildman–Crippen MR) is 106 cm³/mol. The fourth-order valence-electron chi connectivity index (χ4n) is 3.60. The summed E-state index contributed by atoms with van der Waals surface area (Å²) in [6.07, 6.45) is -8.22. The monoisotopic (exact) mass is 454 g/mol. The van der Waals surface area contributed by atoms with Gasteiger partial charge in [0, 0.05) is 0 Å². The highest BCUT2D eigenvalue weighted by molar-refractivity contribution is 5.00. The second kappa shape index (κ2) is 9.43. The van der Waals surface area contributed by atoms with Crippen molar-refractivity contribution in [2.75, 3.05) is 26.4 Å². The van der Waals surface area contributed by atoms with Gasteiger partial charge in [-0.3, -0.25) is 0 Å². The standard InChI is InChI=1S/C20H38O11/c1-17(2,3)27-7-11-13(23)15(25)19(9-21,29-11)28-8-12-14(24)16(26)20(10-22,30-12)31-18(4,5)6/h11-16,21-26H,7-10H2,1-6H3/t11-,12-,13?,14?,15?,16?,19-,20+/m1/s1. The smallest absolute Gasteiger partial charge is 0.222 e. The van der Waals surface area contributed by atoms with E-state index in [9.17, 15) is 30.6 Å². The van der Waals surface area contributed by atoms with E-state index in [1.807, 2.05) is 20.8 Å². The molecule has 0 aromatic carbocycles. The summed E-state index contributed by atoms with van der Waals surface area (Å²) < 4.78 is 28.1. The van der Waals surface area contributed by atoms with E-state index in [0.717, 1.165) is 0 Å². The third kappa shape index (κ3) is 5.92. The summed E-state index contributed by atoms with van der Waals surface area (Å²) in [6.45, 7) is 8.52. The van der Waals surface area contributed by atoms with Crippen LogP contribution in [0.3, 0.4) is 0 Å². The lowest BCUT2D eigenvalue weighted by Crippen LogP contribution is -2.52. The van der Waals surface area contributed by atoms with E-state index >= 15 is 0 Å². The Morgan fingerprint density at radius 2 is 1.16 bits per heavy atom. The quantitative estimate of drug-likeness (QED) is 0.246. The van der Waals surface area contributed by atoms with E-state index in [1.54, 1.807) is 20.8 Å². The molecule has 11 nitrogen and oxygen atoms in total. The van der Waals surface area contributed by atoms with Crippen LogP contribution >= 0.6 is 0 Å². The lowest BCUT2D eigenvalue weighted by molar-refractivity contribution is -0.322. The first-order valence-corrected chi connectivity index (χ1v) is 10.4. The molecule has 31 heavy (non-hydrogen) atoms. The first-order valence-electron chi connectivity index (χ1n) is 10.4. The minimum absolute atomic E-state index is 0.0544. The van der Waals surface area contributed by atoms with Gasteiger partial charge in [-0.05, 0) is 41.5 Å². The molecule has 0 aliphatic carbocycles. The van der Waals surface area contributed by atoms with Crippen LogP contribution < -0.4 is 0 Å². The van der Waals surface area contributed by atoms with Crippen molar-refractivity contribution in [2.24, 2.45) is 0 Å². The Kier molecular flexibility index (Phi) is 8.16. The number of aliphatic hydroxyl groups is 6. The molecule has 2 aliphatic heterocycles. The first kappa shape index (κ1) is 26.8. The molecule has 2 saturated heterocycles. The van der Waals surface area contributed by atoms with Crippen LogP contribution in [-0.2, 0) is 23.7 Å². The zero-order valence-corrected chi connectivity index (χ0v) is 19.0. The molecule has 0 aromatic rings. The Morgan fingerprint density at radius 3 is 1.61 bits per heavy atom. The molecule has 2 aliphatic rings. The topological polar surface area (TPSA) is 168 Å². The van der Waals surface area contributed by atoms with Crippen LogP contribution in [0.5, 0.6) is 0 Å². The molecule has 2 rings (SSSR count). The van der Waals surface area contributed by atoms with Crippen LogP contribution in [-0.4, -0.2) is 116 Å². The lowest BCUT2D eigenvalue weighted by atomic mass is 10.0. The van der Waals surface area contributed by atoms with Crippen LogP contribution in [0.1, 0.15) is 41.5 Å². The molecule has 4 unspecified atom stereocenters. The van der Waals surface area contributed by atoms with Gasteiger partial charge in [-0.25, -0.2) is 0 Å². The second-order valence-corrected chi connectivity index (χ2v) is 10.1. The molecule has 0 spiro atoms. The van der Waals surface area contributed by atoms with Crippen molar-refractivity contribution in [1.82, 2.24) is 0 Å². The summed E-state index contributed by atoms with van der Waals surface area (Å²) in [4.78, 5) is 0. The summed E-state index contributed by atoms with van der Waals surface area (Å²) in [5.41, 5.74) is -1.32. The summed E-state index contributed by atoms with van der Waals surface area (Å²) in [7, 11) is 0. The number of ether oxygens (including phenoxy) is 5. The molecule has 0 saturated carbocycles. The van der Waals surface area contributed by atoms with E-state index in [1.165, 1.54) is 0 Å². The van der Waals surface area contributed by atoms with Crippen molar-refractivity contribution in [3.63, 3.8) is 0 Å². The number of rotatable bonds is 8. The normalized spacial score (nSPS) is 41.8. The highest BCUT2D eigenvalue weighted by Gasteiger charge is 2.59. The molecular formula is C20H38O11. The summed E-state index contributed by atoms with van der Waals surface area (Å²) in [5, 5.41) is 61.3. The largest absolute Gasteiger partial charge is 0.391 e. The molecule has 6 N–H and O–H groups in total. The van der Waals surface area contributed by atoms with Gasteiger partial charge in [-0.1, -0.05) is 0 Å². The predicted octanol–water partition coefficient (Wildman–Crippen LogP) is -1.75. The summed E-state index contributed by atoms with van der Waals surface area (Å²) in [5.74, 6) is -3.87. The van der Waals surface area contributed by atoms with Crippen LogP contribution in [0, 0.1) is 0 Å². The Morgan fingerprint density at radius 1 is 0.710 bits per heavy atom. The average Bonchev–Trinajstić information content (AvgIpc) is 3.04. The molecule has 0 amide bonds. The van der Waals surface area contributed by atoms with Gasteiger partial charge in [-0.15, -0.1) is 0 Å². The number of aliphatic hydroxyl groups excluding tert-OH is 6. The van der Waals surface area contributed by atoms with Crippen molar-refractivity contribution in [3.8, 4) is 0 Å². The van der Waals surface area contributed by atoms with E-state index in [2.05, 4.69) is 0 Å². The van der Waals surface area contributed by atoms with E-state index in [4.69, 9.17) is 23.7 Å². The zero-order valence-electron chi connectivity index (χ0n) is 19.0. The molecule has 0 bridgehead atoms. The van der Waals surface area contributed by atoms with E-state index < -0.39 is 79.2 Å². The fourth-order valence-corrected chi connectivity index (χ4v) is 3.60. The van der Waals surface area contributed by atoms with Crippen LogP contribution in [0.15, 0.2) is 0 Å². The van der Waals surface area contributed by atoms with E-state index in [-0.39, 0.29) is 6.61 Å². The SMILES string of the molecule is CC(C)(C)OC[C@H]1O[C@@](CO)(OC[C@H]2O[C@@](CO)(OC(C)(C)C)C(O)C2O)C(O)C1O. The van der Waals surface area contributed by atoms with Crippen molar-refractivity contribution >= 4 is 0 Å². The Balaban J connectivity index is 2.09. The maximum absolute atomic E-state index is 10.5. The second-order valence-electron chi connectivity index (χ2n) is 10.1. The molecule has 2 heterocycles. The molecule has 8 atom stereocenters. The van der Waals surface area contributed by atoms with Crippen LogP contribution in [0.2, 0.25) is 0 Å². The van der Waals surface area contributed by atoms with Crippen molar-refractivity contribution in [3.05, 3.63) is 0 Å². The third-order valence-electron chi connectivity index (χ3n) is 5.10. The maximum Gasteiger partial charge on any atom is 0.222 e. The van der Waals surface area contributed by atoms with Crippen molar-refractivity contribution in [1.29, 1.82) is 0 Å². The fraction of sp³-hybridized carbons (Fsp3) is 1.00. The lowest BCUT2D eigenvalue weighted by Gasteiger charge is -2.36. The molecule has 184 valence electrons. The van der Waals surface area contributed by atoms with Crippen molar-refractivity contribution in [2.45, 2.75) is 101 Å². The first-order chi connectivity index (χ1) is 14.1.